The van der Waals surface area contributed by atoms with Crippen molar-refractivity contribution < 1.29 is 0 Å². The average molecular weight is 397 g/mol. The van der Waals surface area contributed by atoms with Gasteiger partial charge in [0.2, 0.25) is 0 Å². The van der Waals surface area contributed by atoms with E-state index >= 15 is 0 Å². The average Bonchev–Trinajstić information content (AvgIpc) is 2.98. The minimum absolute atomic E-state index is 0.524. The molecule has 0 heteroatoms. The van der Waals surface area contributed by atoms with Gasteiger partial charge in [0.05, 0.1) is 0 Å². The Bertz CT molecular complexity index is 726. The predicted octanol–water partition coefficient (Wildman–Crippen LogP) is 8.95. The van der Waals surface area contributed by atoms with Crippen molar-refractivity contribution in [1.29, 1.82) is 0 Å². The Morgan fingerprint density at radius 1 is 0.690 bits per heavy atom. The number of hydrogen-bond acceptors (Lipinski definition) is 0. The summed E-state index contributed by atoms with van der Waals surface area (Å²) in [5.41, 5.74) is 6.56. The van der Waals surface area contributed by atoms with Crippen molar-refractivity contribution in [1.82, 2.24) is 0 Å². The number of fused-ring (bicyclic) bond motifs is 7. The third kappa shape index (κ3) is 2.39. The molecule has 0 nitrogen and oxygen atoms in total. The van der Waals surface area contributed by atoms with Crippen LogP contribution in [-0.4, -0.2) is 0 Å². The molecule has 0 spiro atoms. The van der Waals surface area contributed by atoms with Gasteiger partial charge in [-0.2, -0.15) is 0 Å². The normalized spacial score (nSPS) is 53.7. The second-order valence-corrected chi connectivity index (χ2v) is 13.8. The van der Waals surface area contributed by atoms with Crippen molar-refractivity contribution in [2.24, 2.45) is 44.8 Å². The lowest BCUT2D eigenvalue weighted by Gasteiger charge is -2.72. The van der Waals surface area contributed by atoms with E-state index in [0.29, 0.717) is 27.1 Å². The summed E-state index contributed by atoms with van der Waals surface area (Å²) in [6.45, 7) is 18.7. The topological polar surface area (TPSA) is 0 Å². The van der Waals surface area contributed by atoms with Gasteiger partial charge in [-0.1, -0.05) is 66.0 Å². The molecule has 5 rings (SSSR count). The van der Waals surface area contributed by atoms with E-state index in [1.54, 1.807) is 0 Å². The number of allylic oxidation sites excluding steroid dienone is 2. The zero-order valence-corrected chi connectivity index (χ0v) is 20.7. The van der Waals surface area contributed by atoms with Gasteiger partial charge in [-0.3, -0.25) is 0 Å². The molecule has 0 aromatic rings. The van der Waals surface area contributed by atoms with Crippen LogP contribution in [-0.2, 0) is 0 Å². The van der Waals surface area contributed by atoms with Gasteiger partial charge < -0.3 is 0 Å². The van der Waals surface area contributed by atoms with Crippen LogP contribution in [0.1, 0.15) is 126 Å². The van der Waals surface area contributed by atoms with Crippen molar-refractivity contribution >= 4 is 0 Å². The first-order valence-corrected chi connectivity index (χ1v) is 13.2. The number of rotatable bonds is 1. The molecule has 0 aromatic heterocycles. The Morgan fingerprint density at radius 3 is 2.10 bits per heavy atom. The molecule has 4 saturated carbocycles. The second-order valence-electron chi connectivity index (χ2n) is 13.8. The molecule has 0 amide bonds. The number of hydrogen-bond donors (Lipinski definition) is 0. The van der Waals surface area contributed by atoms with Crippen LogP contribution in [0, 0.1) is 44.8 Å². The summed E-state index contributed by atoms with van der Waals surface area (Å²) < 4.78 is 0. The van der Waals surface area contributed by atoms with Crippen LogP contribution in [0.25, 0.3) is 0 Å². The van der Waals surface area contributed by atoms with E-state index in [1.807, 2.05) is 11.1 Å². The van der Waals surface area contributed by atoms with E-state index in [-0.39, 0.29) is 0 Å². The highest BCUT2D eigenvalue weighted by Gasteiger charge is 2.68. The van der Waals surface area contributed by atoms with Crippen molar-refractivity contribution in [3.63, 3.8) is 0 Å². The standard InChI is InChI=1S/C29H48/c1-8-20-12-17-26(4)21(20)13-18-28(6)23(26)10-11-24-27(5)16-9-15-25(2,3)22(27)14-19-29(24,28)7/h22-24H,8-19H2,1-7H3/t22-,23-,24+,26-,27-,28+,29+/m0/s1. The molecular weight excluding hydrogens is 348 g/mol. The Hall–Kier alpha value is -0.260. The molecule has 0 saturated heterocycles. The van der Waals surface area contributed by atoms with Crippen LogP contribution in [0.15, 0.2) is 11.1 Å². The second kappa shape index (κ2) is 6.16. The van der Waals surface area contributed by atoms with E-state index < -0.39 is 0 Å². The first-order chi connectivity index (χ1) is 13.5. The fourth-order valence-corrected chi connectivity index (χ4v) is 11.3. The van der Waals surface area contributed by atoms with Crippen LogP contribution >= 0.6 is 0 Å². The molecule has 7 atom stereocenters. The van der Waals surface area contributed by atoms with Crippen molar-refractivity contribution in [3.05, 3.63) is 11.1 Å². The highest BCUT2D eigenvalue weighted by molar-refractivity contribution is 5.34. The molecular formula is C29H48. The summed E-state index contributed by atoms with van der Waals surface area (Å²) in [7, 11) is 0. The maximum Gasteiger partial charge on any atom is -0.00770 e. The van der Waals surface area contributed by atoms with E-state index in [9.17, 15) is 0 Å². The van der Waals surface area contributed by atoms with E-state index in [0.717, 1.165) is 17.8 Å². The minimum atomic E-state index is 0.524. The lowest BCUT2D eigenvalue weighted by Crippen LogP contribution is -2.65. The Balaban J connectivity index is 1.56. The van der Waals surface area contributed by atoms with Gasteiger partial charge in [0.25, 0.3) is 0 Å². The van der Waals surface area contributed by atoms with Crippen LogP contribution in [0.2, 0.25) is 0 Å². The molecule has 4 fully saturated rings. The minimum Gasteiger partial charge on any atom is -0.0707 e. The summed E-state index contributed by atoms with van der Waals surface area (Å²) in [5, 5.41) is 0. The van der Waals surface area contributed by atoms with Gasteiger partial charge in [0.15, 0.2) is 0 Å². The molecule has 0 aromatic carbocycles. The third-order valence-electron chi connectivity index (χ3n) is 12.8. The first-order valence-electron chi connectivity index (χ1n) is 13.2. The lowest BCUT2D eigenvalue weighted by atomic mass is 9.32. The fourth-order valence-electron chi connectivity index (χ4n) is 11.3. The van der Waals surface area contributed by atoms with Crippen molar-refractivity contribution in [2.45, 2.75) is 126 Å². The van der Waals surface area contributed by atoms with Crippen molar-refractivity contribution in [3.8, 4) is 0 Å². The molecule has 0 unspecified atom stereocenters. The summed E-state index contributed by atoms with van der Waals surface area (Å²) in [5.74, 6) is 2.84. The quantitative estimate of drug-likeness (QED) is 0.388. The Labute approximate surface area is 181 Å². The highest BCUT2D eigenvalue weighted by atomic mass is 14.7. The van der Waals surface area contributed by atoms with Gasteiger partial charge >= 0.3 is 0 Å². The molecule has 0 radical (unpaired) electrons. The maximum absolute atomic E-state index is 2.79. The largest absolute Gasteiger partial charge is 0.0707 e. The monoisotopic (exact) mass is 396 g/mol. The molecule has 164 valence electrons. The fraction of sp³-hybridized carbons (Fsp3) is 0.931. The molecule has 5 aliphatic rings. The summed E-state index contributed by atoms with van der Waals surface area (Å²) in [6, 6.07) is 0. The third-order valence-corrected chi connectivity index (χ3v) is 12.8. The van der Waals surface area contributed by atoms with Gasteiger partial charge in [0, 0.05) is 0 Å². The molecule has 0 bridgehead atoms. The van der Waals surface area contributed by atoms with Gasteiger partial charge in [-0.05, 0) is 115 Å². The lowest BCUT2D eigenvalue weighted by molar-refractivity contribution is -0.226. The molecule has 0 heterocycles. The Kier molecular flexibility index (Phi) is 4.38. The smallest absolute Gasteiger partial charge is 0.00770 e. The van der Waals surface area contributed by atoms with E-state index in [1.165, 1.54) is 77.0 Å². The van der Waals surface area contributed by atoms with Crippen LogP contribution < -0.4 is 0 Å². The van der Waals surface area contributed by atoms with Crippen LogP contribution in [0.4, 0.5) is 0 Å². The molecule has 0 aliphatic heterocycles. The van der Waals surface area contributed by atoms with Gasteiger partial charge in [-0.15, -0.1) is 0 Å². The summed E-state index contributed by atoms with van der Waals surface area (Å²) in [6.07, 6.45) is 17.5. The van der Waals surface area contributed by atoms with Crippen LogP contribution in [0.5, 0.6) is 0 Å². The Morgan fingerprint density at radius 2 is 1.38 bits per heavy atom. The summed E-state index contributed by atoms with van der Waals surface area (Å²) in [4.78, 5) is 0. The SMILES string of the molecule is CCC1=C2CC[C@]3(C)[C@@H](CC[C@@H]4[C@@]5(C)CCCC(C)(C)[C@@H]5CC[C@]43C)[C@@]2(C)CC1. The molecule has 29 heavy (non-hydrogen) atoms. The maximum atomic E-state index is 2.79. The molecule has 5 aliphatic carbocycles. The predicted molar refractivity (Wildman–Crippen MR) is 125 cm³/mol. The first kappa shape index (κ1) is 20.6. The van der Waals surface area contributed by atoms with E-state index in [2.05, 4.69) is 48.5 Å². The van der Waals surface area contributed by atoms with Gasteiger partial charge in [-0.25, -0.2) is 0 Å². The van der Waals surface area contributed by atoms with E-state index in [4.69, 9.17) is 0 Å². The highest BCUT2D eigenvalue weighted by Crippen LogP contribution is 2.77. The van der Waals surface area contributed by atoms with Crippen LogP contribution in [0.3, 0.4) is 0 Å². The zero-order valence-electron chi connectivity index (χ0n) is 20.7. The molecule has 0 N–H and O–H groups in total. The van der Waals surface area contributed by atoms with Gasteiger partial charge in [0.1, 0.15) is 0 Å². The van der Waals surface area contributed by atoms with Crippen molar-refractivity contribution in [2.75, 3.05) is 0 Å². The zero-order chi connectivity index (χ0) is 20.9. The summed E-state index contributed by atoms with van der Waals surface area (Å²) >= 11 is 0.